The molecule has 2 atom stereocenters. The minimum atomic E-state index is -0.0996. The van der Waals surface area contributed by atoms with Crippen molar-refractivity contribution < 1.29 is 4.39 Å². The van der Waals surface area contributed by atoms with E-state index in [1.165, 1.54) is 37.7 Å². The number of hydrogen-bond donors (Lipinski definition) is 1. The zero-order valence-electron chi connectivity index (χ0n) is 11.1. The van der Waals surface area contributed by atoms with Crippen LogP contribution in [-0.2, 0) is 5.41 Å². The summed E-state index contributed by atoms with van der Waals surface area (Å²) < 4.78 is 13.5. The van der Waals surface area contributed by atoms with Gasteiger partial charge in [-0.1, -0.05) is 25.5 Å². The third kappa shape index (κ3) is 2.18. The van der Waals surface area contributed by atoms with E-state index in [2.05, 4.69) is 18.3 Å². The van der Waals surface area contributed by atoms with Crippen LogP contribution in [0.4, 0.5) is 4.39 Å². The van der Waals surface area contributed by atoms with Gasteiger partial charge in [0.1, 0.15) is 5.82 Å². The van der Waals surface area contributed by atoms with Gasteiger partial charge < -0.3 is 5.32 Å². The standard InChI is InChI=1S/C16H22FN/c1-12-4-3-9-16(12,11-18-15-7-8-15)13-5-2-6-14(17)10-13/h2,5-6,10,12,15,18H,3-4,7-9,11H2,1H3. The smallest absolute Gasteiger partial charge is 0.123 e. The highest BCUT2D eigenvalue weighted by molar-refractivity contribution is 5.29. The topological polar surface area (TPSA) is 12.0 Å². The second-order valence-electron chi connectivity index (χ2n) is 6.11. The van der Waals surface area contributed by atoms with Crippen molar-refractivity contribution in [2.75, 3.05) is 6.54 Å². The molecule has 0 amide bonds. The van der Waals surface area contributed by atoms with Gasteiger partial charge in [0.15, 0.2) is 0 Å². The fourth-order valence-corrected chi connectivity index (χ4v) is 3.45. The van der Waals surface area contributed by atoms with Crippen molar-refractivity contribution >= 4 is 0 Å². The Morgan fingerprint density at radius 1 is 1.33 bits per heavy atom. The minimum Gasteiger partial charge on any atom is -0.313 e. The molecule has 0 spiro atoms. The van der Waals surface area contributed by atoms with E-state index in [4.69, 9.17) is 0 Å². The normalized spacial score (nSPS) is 31.8. The molecule has 2 fully saturated rings. The van der Waals surface area contributed by atoms with E-state index in [1.807, 2.05) is 6.07 Å². The van der Waals surface area contributed by atoms with Crippen molar-refractivity contribution in [3.05, 3.63) is 35.6 Å². The Balaban J connectivity index is 1.88. The van der Waals surface area contributed by atoms with Gasteiger partial charge in [-0.3, -0.25) is 0 Å². The van der Waals surface area contributed by atoms with Gasteiger partial charge in [-0.25, -0.2) is 4.39 Å². The molecular weight excluding hydrogens is 225 g/mol. The maximum atomic E-state index is 13.5. The van der Waals surface area contributed by atoms with Gasteiger partial charge in [-0.2, -0.15) is 0 Å². The summed E-state index contributed by atoms with van der Waals surface area (Å²) in [6, 6.07) is 7.98. The van der Waals surface area contributed by atoms with E-state index in [-0.39, 0.29) is 11.2 Å². The van der Waals surface area contributed by atoms with E-state index in [0.717, 1.165) is 12.6 Å². The first-order valence-corrected chi connectivity index (χ1v) is 7.20. The molecule has 0 bridgehead atoms. The summed E-state index contributed by atoms with van der Waals surface area (Å²) in [6.07, 6.45) is 6.35. The van der Waals surface area contributed by atoms with Crippen molar-refractivity contribution in [1.29, 1.82) is 0 Å². The Hall–Kier alpha value is -0.890. The molecule has 2 heteroatoms. The molecule has 0 saturated heterocycles. The largest absolute Gasteiger partial charge is 0.313 e. The fraction of sp³-hybridized carbons (Fsp3) is 0.625. The lowest BCUT2D eigenvalue weighted by Crippen LogP contribution is -2.41. The summed E-state index contributed by atoms with van der Waals surface area (Å²) in [5.74, 6) is 0.544. The molecule has 18 heavy (non-hydrogen) atoms. The van der Waals surface area contributed by atoms with Gasteiger partial charge in [0.2, 0.25) is 0 Å². The molecule has 0 heterocycles. The summed E-state index contributed by atoms with van der Waals surface area (Å²) in [5.41, 5.74) is 1.35. The van der Waals surface area contributed by atoms with E-state index in [1.54, 1.807) is 12.1 Å². The van der Waals surface area contributed by atoms with Crippen LogP contribution in [0.3, 0.4) is 0 Å². The molecule has 98 valence electrons. The third-order valence-corrected chi connectivity index (χ3v) is 4.89. The molecule has 1 aromatic rings. The van der Waals surface area contributed by atoms with Crippen LogP contribution >= 0.6 is 0 Å². The monoisotopic (exact) mass is 247 g/mol. The van der Waals surface area contributed by atoms with E-state index >= 15 is 0 Å². The van der Waals surface area contributed by atoms with E-state index < -0.39 is 0 Å². The number of nitrogens with one attached hydrogen (secondary N) is 1. The highest BCUT2D eigenvalue weighted by Crippen LogP contribution is 2.45. The lowest BCUT2D eigenvalue weighted by molar-refractivity contribution is 0.315. The van der Waals surface area contributed by atoms with Crippen LogP contribution in [0.5, 0.6) is 0 Å². The van der Waals surface area contributed by atoms with Crippen molar-refractivity contribution in [1.82, 2.24) is 5.32 Å². The highest BCUT2D eigenvalue weighted by atomic mass is 19.1. The van der Waals surface area contributed by atoms with Crippen molar-refractivity contribution in [3.63, 3.8) is 0 Å². The second-order valence-corrected chi connectivity index (χ2v) is 6.11. The van der Waals surface area contributed by atoms with Gasteiger partial charge in [0.25, 0.3) is 0 Å². The second kappa shape index (κ2) is 4.65. The molecular formula is C16H22FN. The molecule has 1 aromatic carbocycles. The van der Waals surface area contributed by atoms with Crippen LogP contribution in [0.1, 0.15) is 44.6 Å². The van der Waals surface area contributed by atoms with Crippen LogP contribution in [0.25, 0.3) is 0 Å². The van der Waals surface area contributed by atoms with Gasteiger partial charge in [0.05, 0.1) is 0 Å². The number of halogens is 1. The number of hydrogen-bond acceptors (Lipinski definition) is 1. The van der Waals surface area contributed by atoms with Crippen molar-refractivity contribution in [3.8, 4) is 0 Å². The Kier molecular flexibility index (Phi) is 3.14. The number of benzene rings is 1. The summed E-state index contributed by atoms with van der Waals surface area (Å²) in [5, 5.41) is 3.67. The van der Waals surface area contributed by atoms with E-state index in [0.29, 0.717) is 5.92 Å². The van der Waals surface area contributed by atoms with Crippen LogP contribution in [0.2, 0.25) is 0 Å². The Bertz CT molecular complexity index is 427. The van der Waals surface area contributed by atoms with Crippen LogP contribution in [0, 0.1) is 11.7 Å². The Labute approximate surface area is 109 Å². The molecule has 2 aliphatic rings. The van der Waals surface area contributed by atoms with Crippen LogP contribution in [-0.4, -0.2) is 12.6 Å². The quantitative estimate of drug-likeness (QED) is 0.856. The summed E-state index contributed by atoms with van der Waals surface area (Å²) >= 11 is 0. The zero-order chi connectivity index (χ0) is 12.6. The minimum absolute atomic E-state index is 0.0996. The maximum absolute atomic E-state index is 13.5. The highest BCUT2D eigenvalue weighted by Gasteiger charge is 2.42. The zero-order valence-corrected chi connectivity index (χ0v) is 11.1. The van der Waals surface area contributed by atoms with Gasteiger partial charge in [-0.15, -0.1) is 0 Å². The van der Waals surface area contributed by atoms with Crippen molar-refractivity contribution in [2.45, 2.75) is 50.5 Å². The SMILES string of the molecule is CC1CCCC1(CNC1CC1)c1cccc(F)c1. The number of rotatable bonds is 4. The lowest BCUT2D eigenvalue weighted by Gasteiger charge is -2.35. The van der Waals surface area contributed by atoms with E-state index in [9.17, 15) is 4.39 Å². The maximum Gasteiger partial charge on any atom is 0.123 e. The Morgan fingerprint density at radius 2 is 2.17 bits per heavy atom. The predicted molar refractivity (Wildman–Crippen MR) is 72.1 cm³/mol. The van der Waals surface area contributed by atoms with Gasteiger partial charge in [0, 0.05) is 18.0 Å². The van der Waals surface area contributed by atoms with Crippen molar-refractivity contribution in [2.24, 2.45) is 5.92 Å². The third-order valence-electron chi connectivity index (χ3n) is 4.89. The summed E-state index contributed by atoms with van der Waals surface area (Å²) in [6.45, 7) is 3.34. The lowest BCUT2D eigenvalue weighted by atomic mass is 9.73. The first kappa shape index (κ1) is 12.2. The summed E-state index contributed by atoms with van der Waals surface area (Å²) in [7, 11) is 0. The van der Waals surface area contributed by atoms with Crippen LogP contribution in [0.15, 0.2) is 24.3 Å². The molecule has 3 rings (SSSR count). The van der Waals surface area contributed by atoms with Gasteiger partial charge >= 0.3 is 0 Å². The average molecular weight is 247 g/mol. The predicted octanol–water partition coefficient (Wildman–Crippen LogP) is 3.64. The first-order chi connectivity index (χ1) is 8.71. The molecule has 0 aromatic heterocycles. The first-order valence-electron chi connectivity index (χ1n) is 7.20. The molecule has 2 saturated carbocycles. The fourth-order valence-electron chi connectivity index (χ4n) is 3.45. The molecule has 0 radical (unpaired) electrons. The Morgan fingerprint density at radius 3 is 2.78 bits per heavy atom. The average Bonchev–Trinajstić information content (AvgIpc) is 3.11. The van der Waals surface area contributed by atoms with Crippen LogP contribution < -0.4 is 5.32 Å². The molecule has 1 N–H and O–H groups in total. The molecule has 2 unspecified atom stereocenters. The molecule has 1 nitrogen and oxygen atoms in total. The molecule has 2 aliphatic carbocycles. The van der Waals surface area contributed by atoms with Gasteiger partial charge in [-0.05, 0) is 49.3 Å². The molecule has 0 aliphatic heterocycles. The summed E-state index contributed by atoms with van der Waals surface area (Å²) in [4.78, 5) is 0.